The number of ketones is 1. The predicted molar refractivity (Wildman–Crippen MR) is 145 cm³/mol. The second-order valence-electron chi connectivity index (χ2n) is 9.02. The Morgan fingerprint density at radius 1 is 1.03 bits per heavy atom. The second kappa shape index (κ2) is 9.63. The molecule has 1 unspecified atom stereocenters. The van der Waals surface area contributed by atoms with Gasteiger partial charge in [0.15, 0.2) is 0 Å². The van der Waals surface area contributed by atoms with Crippen molar-refractivity contribution in [3.8, 4) is 5.75 Å². The van der Waals surface area contributed by atoms with Crippen molar-refractivity contribution < 1.29 is 19.4 Å². The average molecular weight is 498 g/mol. The summed E-state index contributed by atoms with van der Waals surface area (Å²) < 4.78 is 5.77. The monoisotopic (exact) mass is 497 g/mol. The number of ether oxygens (including phenoxy) is 1. The molecule has 3 aromatic carbocycles. The van der Waals surface area contributed by atoms with Crippen LogP contribution in [0.3, 0.4) is 0 Å². The van der Waals surface area contributed by atoms with Crippen molar-refractivity contribution in [2.45, 2.75) is 32.7 Å². The van der Waals surface area contributed by atoms with Gasteiger partial charge in [-0.1, -0.05) is 56.3 Å². The van der Waals surface area contributed by atoms with Gasteiger partial charge >= 0.3 is 0 Å². The third-order valence-electron chi connectivity index (χ3n) is 6.49. The second-order valence-corrected chi connectivity index (χ2v) is 10.0. The van der Waals surface area contributed by atoms with Crippen molar-refractivity contribution in [1.29, 1.82) is 0 Å². The number of hydrogen-bond acceptors (Lipinski definition) is 5. The summed E-state index contributed by atoms with van der Waals surface area (Å²) in [4.78, 5) is 29.4. The van der Waals surface area contributed by atoms with Crippen LogP contribution in [-0.4, -0.2) is 23.4 Å². The minimum atomic E-state index is -0.732. The van der Waals surface area contributed by atoms with E-state index in [1.54, 1.807) is 6.07 Å². The Labute approximate surface area is 214 Å². The van der Waals surface area contributed by atoms with Crippen molar-refractivity contribution in [3.05, 3.63) is 99.8 Å². The van der Waals surface area contributed by atoms with Gasteiger partial charge in [-0.25, -0.2) is 0 Å². The molecular formula is C30H27NO4S. The highest BCUT2D eigenvalue weighted by Crippen LogP contribution is 2.45. The molecule has 5 nitrogen and oxygen atoms in total. The van der Waals surface area contributed by atoms with E-state index >= 15 is 0 Å². The van der Waals surface area contributed by atoms with Gasteiger partial charge in [0.05, 0.1) is 17.9 Å². The Morgan fingerprint density at radius 3 is 2.53 bits per heavy atom. The van der Waals surface area contributed by atoms with E-state index in [9.17, 15) is 14.7 Å². The van der Waals surface area contributed by atoms with Gasteiger partial charge in [0.2, 0.25) is 0 Å². The Balaban J connectivity index is 1.72. The SMILES string of the molecule is CCOc1ccc(/C(O)=C2/C(=O)C(=O)N(c3cccc4ccccc34)C2c2cccs2)cc1C(C)C. The number of carbonyl (C=O) groups is 2. The number of amides is 1. The first-order valence-electron chi connectivity index (χ1n) is 12.0. The van der Waals surface area contributed by atoms with Crippen molar-refractivity contribution >= 4 is 45.2 Å². The first-order chi connectivity index (χ1) is 17.4. The number of aliphatic hydroxyl groups excluding tert-OH is 1. The molecule has 0 spiro atoms. The van der Waals surface area contributed by atoms with E-state index in [4.69, 9.17) is 4.74 Å². The van der Waals surface area contributed by atoms with Crippen LogP contribution in [0.1, 0.15) is 48.7 Å². The van der Waals surface area contributed by atoms with Crippen molar-refractivity contribution in [3.63, 3.8) is 0 Å². The van der Waals surface area contributed by atoms with Gasteiger partial charge in [0, 0.05) is 15.8 Å². The molecule has 1 atom stereocenters. The smallest absolute Gasteiger partial charge is 0.300 e. The molecule has 6 heteroatoms. The van der Waals surface area contributed by atoms with Gasteiger partial charge in [-0.05, 0) is 59.5 Å². The first-order valence-corrected chi connectivity index (χ1v) is 12.9. The van der Waals surface area contributed by atoms with Crippen LogP contribution in [0.4, 0.5) is 5.69 Å². The van der Waals surface area contributed by atoms with E-state index < -0.39 is 17.7 Å². The molecule has 1 aliphatic heterocycles. The van der Waals surface area contributed by atoms with E-state index in [2.05, 4.69) is 0 Å². The lowest BCUT2D eigenvalue weighted by Crippen LogP contribution is -2.29. The normalized spacial score (nSPS) is 17.3. The Hall–Kier alpha value is -3.90. The van der Waals surface area contributed by atoms with Crippen LogP contribution in [0.5, 0.6) is 5.75 Å². The fourth-order valence-electron chi connectivity index (χ4n) is 4.80. The standard InChI is InChI=1S/C30H27NO4S/c1-4-35-24-15-14-20(17-22(24)18(2)3)28(32)26-27(25-13-8-16-36-25)31(30(34)29(26)33)23-12-7-10-19-9-5-6-11-21(19)23/h5-18,27,32H,4H2,1-3H3/b28-26-. The molecular weight excluding hydrogens is 470 g/mol. The molecule has 1 N–H and O–H groups in total. The zero-order valence-corrected chi connectivity index (χ0v) is 21.2. The van der Waals surface area contributed by atoms with Crippen molar-refractivity contribution in [1.82, 2.24) is 0 Å². The lowest BCUT2D eigenvalue weighted by atomic mass is 9.95. The molecule has 2 heterocycles. The van der Waals surface area contributed by atoms with Crippen LogP contribution in [0, 0.1) is 0 Å². The molecule has 182 valence electrons. The zero-order valence-electron chi connectivity index (χ0n) is 20.4. The topological polar surface area (TPSA) is 66.8 Å². The molecule has 1 fully saturated rings. The van der Waals surface area contributed by atoms with Gasteiger partial charge in [-0.15, -0.1) is 11.3 Å². The summed E-state index contributed by atoms with van der Waals surface area (Å²) in [6.45, 7) is 6.55. The maximum atomic E-state index is 13.5. The summed E-state index contributed by atoms with van der Waals surface area (Å²) in [7, 11) is 0. The molecule has 0 bridgehead atoms. The van der Waals surface area contributed by atoms with Crippen LogP contribution >= 0.6 is 11.3 Å². The third-order valence-corrected chi connectivity index (χ3v) is 7.41. The number of rotatable bonds is 6. The lowest BCUT2D eigenvalue weighted by molar-refractivity contribution is -0.132. The van der Waals surface area contributed by atoms with E-state index in [0.717, 1.165) is 27.0 Å². The highest BCUT2D eigenvalue weighted by Gasteiger charge is 2.47. The first kappa shape index (κ1) is 23.8. The number of nitrogens with zero attached hydrogens (tertiary/aromatic N) is 1. The maximum absolute atomic E-state index is 13.5. The number of carbonyl (C=O) groups excluding carboxylic acids is 2. The van der Waals surface area contributed by atoms with Gasteiger partial charge in [-0.3, -0.25) is 14.5 Å². The number of anilines is 1. The van der Waals surface area contributed by atoms with Crippen molar-refractivity contribution in [2.24, 2.45) is 0 Å². The number of hydrogen-bond donors (Lipinski definition) is 1. The van der Waals surface area contributed by atoms with Crippen LogP contribution in [0.15, 0.2) is 83.7 Å². The Morgan fingerprint density at radius 2 is 1.81 bits per heavy atom. The van der Waals surface area contributed by atoms with Gasteiger partial charge in [0.1, 0.15) is 17.6 Å². The van der Waals surface area contributed by atoms with E-state index in [1.165, 1.54) is 16.2 Å². The summed E-state index contributed by atoms with van der Waals surface area (Å²) >= 11 is 1.45. The minimum Gasteiger partial charge on any atom is -0.507 e. The molecule has 4 aromatic rings. The summed E-state index contributed by atoms with van der Waals surface area (Å²) in [5.74, 6) is -0.639. The quantitative estimate of drug-likeness (QED) is 0.176. The van der Waals surface area contributed by atoms with Crippen molar-refractivity contribution in [2.75, 3.05) is 11.5 Å². The summed E-state index contributed by atoms with van der Waals surface area (Å²) in [6, 6.07) is 21.9. The van der Waals surface area contributed by atoms with Crippen LogP contribution in [0.25, 0.3) is 16.5 Å². The summed E-state index contributed by atoms with van der Waals surface area (Å²) in [5.41, 5.74) is 2.15. The largest absolute Gasteiger partial charge is 0.507 e. The predicted octanol–water partition coefficient (Wildman–Crippen LogP) is 7.05. The molecule has 5 rings (SSSR count). The molecule has 1 amide bonds. The molecule has 1 saturated heterocycles. The summed E-state index contributed by atoms with van der Waals surface area (Å²) in [6.07, 6.45) is 0. The third kappa shape index (κ3) is 3.97. The minimum absolute atomic E-state index is 0.0919. The number of Topliss-reactive ketones (excluding diaryl/α,β-unsaturated/α-hetero) is 1. The average Bonchev–Trinajstić information content (AvgIpc) is 3.50. The zero-order chi connectivity index (χ0) is 25.4. The fourth-order valence-corrected chi connectivity index (χ4v) is 5.63. The van der Waals surface area contributed by atoms with E-state index in [-0.39, 0.29) is 17.3 Å². The van der Waals surface area contributed by atoms with Crippen LogP contribution in [-0.2, 0) is 9.59 Å². The Kier molecular flexibility index (Phi) is 6.37. The number of fused-ring (bicyclic) bond motifs is 1. The maximum Gasteiger partial charge on any atom is 0.300 e. The summed E-state index contributed by atoms with van der Waals surface area (Å²) in [5, 5.41) is 15.3. The van der Waals surface area contributed by atoms with E-state index in [1.807, 2.05) is 92.9 Å². The van der Waals surface area contributed by atoms with Gasteiger partial charge in [-0.2, -0.15) is 0 Å². The Bertz CT molecular complexity index is 1480. The number of thiophene rings is 1. The van der Waals surface area contributed by atoms with Gasteiger partial charge in [0.25, 0.3) is 11.7 Å². The highest BCUT2D eigenvalue weighted by molar-refractivity contribution is 7.10. The molecule has 1 aliphatic rings. The molecule has 0 radical (unpaired) electrons. The number of benzene rings is 3. The van der Waals surface area contributed by atoms with Crippen LogP contribution < -0.4 is 9.64 Å². The molecule has 36 heavy (non-hydrogen) atoms. The van der Waals surface area contributed by atoms with Crippen LogP contribution in [0.2, 0.25) is 0 Å². The molecule has 1 aromatic heterocycles. The highest BCUT2D eigenvalue weighted by atomic mass is 32.1. The van der Waals surface area contributed by atoms with Gasteiger partial charge < -0.3 is 9.84 Å². The molecule has 0 aliphatic carbocycles. The van der Waals surface area contributed by atoms with E-state index in [0.29, 0.717) is 17.9 Å². The lowest BCUT2D eigenvalue weighted by Gasteiger charge is -2.25. The number of aliphatic hydroxyl groups is 1. The molecule has 0 saturated carbocycles. The fraction of sp³-hybridized carbons (Fsp3) is 0.200.